The standard InChI is InChI=1S/C23H16ClN3O2/c24-17-5-1-2-6-18(17)27-23(29)16-12-9-15(10-13-16)11-14-21(28)22-25-19-7-3-4-8-20(19)26-22/h1-14H,(H,25,26)(H,27,29). The second-order valence-corrected chi connectivity index (χ2v) is 6.76. The van der Waals surface area contributed by atoms with E-state index in [9.17, 15) is 9.59 Å². The van der Waals surface area contributed by atoms with Crippen molar-refractivity contribution in [2.75, 3.05) is 5.32 Å². The quantitative estimate of drug-likeness (QED) is 0.349. The Morgan fingerprint density at radius 3 is 2.41 bits per heavy atom. The summed E-state index contributed by atoms with van der Waals surface area (Å²) in [5.74, 6) is -0.188. The second kappa shape index (κ2) is 8.12. The van der Waals surface area contributed by atoms with E-state index in [-0.39, 0.29) is 17.5 Å². The van der Waals surface area contributed by atoms with Gasteiger partial charge in [0.15, 0.2) is 5.82 Å². The van der Waals surface area contributed by atoms with Gasteiger partial charge in [-0.2, -0.15) is 0 Å². The number of carbonyl (C=O) groups is 2. The highest BCUT2D eigenvalue weighted by molar-refractivity contribution is 6.33. The van der Waals surface area contributed by atoms with E-state index in [0.29, 0.717) is 16.3 Å². The van der Waals surface area contributed by atoms with Crippen molar-refractivity contribution in [1.82, 2.24) is 9.97 Å². The van der Waals surface area contributed by atoms with Gasteiger partial charge in [0.1, 0.15) is 0 Å². The first kappa shape index (κ1) is 18.7. The zero-order valence-electron chi connectivity index (χ0n) is 15.2. The van der Waals surface area contributed by atoms with Crippen LogP contribution in [0.2, 0.25) is 5.02 Å². The van der Waals surface area contributed by atoms with Crippen LogP contribution in [0.25, 0.3) is 17.1 Å². The van der Waals surface area contributed by atoms with E-state index in [1.54, 1.807) is 54.6 Å². The summed E-state index contributed by atoms with van der Waals surface area (Å²) in [6, 6.07) is 21.4. The average Bonchev–Trinajstić information content (AvgIpc) is 3.18. The van der Waals surface area contributed by atoms with Crippen LogP contribution in [-0.2, 0) is 0 Å². The molecule has 1 heterocycles. The van der Waals surface area contributed by atoms with E-state index in [0.717, 1.165) is 16.6 Å². The van der Waals surface area contributed by atoms with Crippen LogP contribution in [0.1, 0.15) is 26.5 Å². The van der Waals surface area contributed by atoms with E-state index >= 15 is 0 Å². The van der Waals surface area contributed by atoms with Gasteiger partial charge in [-0.05, 0) is 48.0 Å². The molecule has 0 aliphatic carbocycles. The number of halogens is 1. The maximum atomic E-state index is 12.4. The highest BCUT2D eigenvalue weighted by Gasteiger charge is 2.09. The summed E-state index contributed by atoms with van der Waals surface area (Å²) in [4.78, 5) is 32.0. The molecule has 5 nitrogen and oxygen atoms in total. The largest absolute Gasteiger partial charge is 0.335 e. The Morgan fingerprint density at radius 2 is 1.66 bits per heavy atom. The van der Waals surface area contributed by atoms with Crippen LogP contribution >= 0.6 is 11.6 Å². The van der Waals surface area contributed by atoms with Crippen molar-refractivity contribution >= 4 is 46.1 Å². The lowest BCUT2D eigenvalue weighted by Crippen LogP contribution is -2.11. The molecule has 0 radical (unpaired) electrons. The Kier molecular flexibility index (Phi) is 5.22. The highest BCUT2D eigenvalue weighted by Crippen LogP contribution is 2.21. The average molecular weight is 402 g/mol. The van der Waals surface area contributed by atoms with Crippen molar-refractivity contribution in [2.45, 2.75) is 0 Å². The summed E-state index contributed by atoms with van der Waals surface area (Å²) in [6.45, 7) is 0. The molecule has 0 bridgehead atoms. The van der Waals surface area contributed by atoms with E-state index in [1.807, 2.05) is 24.3 Å². The van der Waals surface area contributed by atoms with E-state index in [1.165, 1.54) is 6.08 Å². The number of aromatic amines is 1. The van der Waals surface area contributed by atoms with E-state index in [2.05, 4.69) is 15.3 Å². The second-order valence-electron chi connectivity index (χ2n) is 6.36. The first-order valence-corrected chi connectivity index (χ1v) is 9.31. The van der Waals surface area contributed by atoms with Gasteiger partial charge >= 0.3 is 0 Å². The van der Waals surface area contributed by atoms with Crippen LogP contribution in [-0.4, -0.2) is 21.7 Å². The Bertz CT molecular complexity index is 1190. The van der Waals surface area contributed by atoms with Crippen LogP contribution in [0.15, 0.2) is 78.9 Å². The molecule has 0 unspecified atom stereocenters. The molecule has 3 aromatic carbocycles. The molecular weight excluding hydrogens is 386 g/mol. The fourth-order valence-corrected chi connectivity index (χ4v) is 3.01. The molecule has 4 rings (SSSR count). The number of fused-ring (bicyclic) bond motifs is 1. The van der Waals surface area contributed by atoms with Gasteiger partial charge in [-0.25, -0.2) is 4.98 Å². The van der Waals surface area contributed by atoms with Gasteiger partial charge in [-0.15, -0.1) is 0 Å². The number of rotatable bonds is 5. The number of nitrogens with zero attached hydrogens (tertiary/aromatic N) is 1. The van der Waals surface area contributed by atoms with Crippen molar-refractivity contribution in [3.63, 3.8) is 0 Å². The first-order valence-electron chi connectivity index (χ1n) is 8.93. The fourth-order valence-electron chi connectivity index (χ4n) is 2.82. The SMILES string of the molecule is O=C(Nc1ccccc1Cl)c1ccc(C=CC(=O)c2nc3ccccc3[nH]2)cc1. The molecule has 0 fully saturated rings. The number of carbonyl (C=O) groups excluding carboxylic acids is 2. The third-order valence-corrected chi connectivity index (χ3v) is 4.67. The van der Waals surface area contributed by atoms with Crippen molar-refractivity contribution in [2.24, 2.45) is 0 Å². The molecular formula is C23H16ClN3O2. The molecule has 6 heteroatoms. The molecule has 142 valence electrons. The number of hydrogen-bond acceptors (Lipinski definition) is 3. The number of para-hydroxylation sites is 3. The summed E-state index contributed by atoms with van der Waals surface area (Å²) >= 11 is 6.06. The summed E-state index contributed by atoms with van der Waals surface area (Å²) in [7, 11) is 0. The van der Waals surface area contributed by atoms with Gasteiger partial charge in [-0.1, -0.05) is 54.1 Å². The molecule has 0 spiro atoms. The fraction of sp³-hybridized carbons (Fsp3) is 0. The third kappa shape index (κ3) is 4.25. The molecule has 1 amide bonds. The predicted octanol–water partition coefficient (Wildman–Crippen LogP) is 5.36. The number of amides is 1. The number of aromatic nitrogens is 2. The van der Waals surface area contributed by atoms with Crippen LogP contribution in [0.3, 0.4) is 0 Å². The first-order chi connectivity index (χ1) is 14.1. The van der Waals surface area contributed by atoms with Crippen LogP contribution < -0.4 is 5.32 Å². The molecule has 0 atom stereocenters. The van der Waals surface area contributed by atoms with E-state index in [4.69, 9.17) is 11.6 Å². The molecule has 0 saturated carbocycles. The Labute approximate surface area is 172 Å². The summed E-state index contributed by atoms with van der Waals surface area (Å²) in [5.41, 5.74) is 3.41. The molecule has 29 heavy (non-hydrogen) atoms. The lowest BCUT2D eigenvalue weighted by Gasteiger charge is -2.07. The topological polar surface area (TPSA) is 74.8 Å². The molecule has 2 N–H and O–H groups in total. The van der Waals surface area contributed by atoms with Gasteiger partial charge in [0.2, 0.25) is 5.78 Å². The lowest BCUT2D eigenvalue weighted by molar-refractivity contribution is 0.102. The number of imidazole rings is 1. The predicted molar refractivity (Wildman–Crippen MR) is 115 cm³/mol. The van der Waals surface area contributed by atoms with Gasteiger partial charge in [0, 0.05) is 5.56 Å². The lowest BCUT2D eigenvalue weighted by atomic mass is 10.1. The van der Waals surface area contributed by atoms with Gasteiger partial charge in [0.25, 0.3) is 5.91 Å². The Balaban J connectivity index is 1.44. The molecule has 4 aromatic rings. The number of allylic oxidation sites excluding steroid dienone is 1. The van der Waals surface area contributed by atoms with E-state index < -0.39 is 0 Å². The van der Waals surface area contributed by atoms with Crippen LogP contribution in [0, 0.1) is 0 Å². The number of hydrogen-bond donors (Lipinski definition) is 2. The number of ketones is 1. The van der Waals surface area contributed by atoms with Crippen molar-refractivity contribution in [3.05, 3.63) is 101 Å². The molecule has 0 aliphatic rings. The zero-order valence-corrected chi connectivity index (χ0v) is 16.0. The minimum atomic E-state index is -0.257. The maximum Gasteiger partial charge on any atom is 0.255 e. The Hall–Kier alpha value is -3.70. The zero-order chi connectivity index (χ0) is 20.2. The van der Waals surface area contributed by atoms with Crippen LogP contribution in [0.5, 0.6) is 0 Å². The minimum absolute atomic E-state index is 0.221. The smallest absolute Gasteiger partial charge is 0.255 e. The summed E-state index contributed by atoms with van der Waals surface area (Å²) in [5, 5.41) is 3.25. The maximum absolute atomic E-state index is 12.4. The number of H-pyrrole nitrogens is 1. The monoisotopic (exact) mass is 401 g/mol. The normalized spacial score (nSPS) is 11.1. The van der Waals surface area contributed by atoms with Crippen LogP contribution in [0.4, 0.5) is 5.69 Å². The van der Waals surface area contributed by atoms with Gasteiger partial charge in [0.05, 0.1) is 21.7 Å². The van der Waals surface area contributed by atoms with Gasteiger partial charge in [-0.3, -0.25) is 9.59 Å². The number of nitrogens with one attached hydrogen (secondary N) is 2. The van der Waals surface area contributed by atoms with Crippen molar-refractivity contribution in [3.8, 4) is 0 Å². The van der Waals surface area contributed by atoms with Crippen molar-refractivity contribution in [1.29, 1.82) is 0 Å². The number of benzene rings is 3. The molecule has 1 aromatic heterocycles. The summed E-state index contributed by atoms with van der Waals surface area (Å²) in [6.07, 6.45) is 3.14. The summed E-state index contributed by atoms with van der Waals surface area (Å²) < 4.78 is 0. The molecule has 0 aliphatic heterocycles. The minimum Gasteiger partial charge on any atom is -0.335 e. The third-order valence-electron chi connectivity index (χ3n) is 4.34. The van der Waals surface area contributed by atoms with Crippen molar-refractivity contribution < 1.29 is 9.59 Å². The highest BCUT2D eigenvalue weighted by atomic mass is 35.5. The molecule has 0 saturated heterocycles. The van der Waals surface area contributed by atoms with Gasteiger partial charge < -0.3 is 10.3 Å². The Morgan fingerprint density at radius 1 is 0.931 bits per heavy atom. The number of anilines is 1.